The molecule has 0 aliphatic carbocycles. The third-order valence-corrected chi connectivity index (χ3v) is 2.95. The van der Waals surface area contributed by atoms with E-state index < -0.39 is 0 Å². The average Bonchev–Trinajstić information content (AvgIpc) is 2.20. The average molecular weight is 208 g/mol. The lowest BCUT2D eigenvalue weighted by molar-refractivity contribution is 0.311. The first kappa shape index (κ1) is 10.4. The van der Waals surface area contributed by atoms with Crippen molar-refractivity contribution < 1.29 is 4.39 Å². The molecule has 0 bridgehead atoms. The van der Waals surface area contributed by atoms with Crippen LogP contribution in [-0.4, -0.2) is 38.1 Å². The number of halogens is 1. The SMILES string of the molecule is Cc1ccc(N2CCN(C)CC2)c(F)c1. The van der Waals surface area contributed by atoms with Gasteiger partial charge in [-0.25, -0.2) is 4.39 Å². The monoisotopic (exact) mass is 208 g/mol. The van der Waals surface area contributed by atoms with Gasteiger partial charge in [-0.1, -0.05) is 6.07 Å². The standard InChI is InChI=1S/C12H17FN2/c1-10-3-4-12(11(13)9-10)15-7-5-14(2)6-8-15/h3-4,9H,5-8H2,1-2H3. The Balaban J connectivity index is 2.15. The summed E-state index contributed by atoms with van der Waals surface area (Å²) in [6, 6.07) is 5.46. The highest BCUT2D eigenvalue weighted by atomic mass is 19.1. The summed E-state index contributed by atoms with van der Waals surface area (Å²) in [5.74, 6) is -0.0976. The highest BCUT2D eigenvalue weighted by Gasteiger charge is 2.16. The Morgan fingerprint density at radius 1 is 1.13 bits per heavy atom. The molecule has 2 nitrogen and oxygen atoms in total. The fraction of sp³-hybridized carbons (Fsp3) is 0.500. The van der Waals surface area contributed by atoms with Crippen LogP contribution in [0, 0.1) is 12.7 Å². The van der Waals surface area contributed by atoms with Gasteiger partial charge in [0.2, 0.25) is 0 Å². The number of piperazine rings is 1. The van der Waals surface area contributed by atoms with Crippen molar-refractivity contribution in [3.8, 4) is 0 Å². The first-order valence-corrected chi connectivity index (χ1v) is 5.36. The largest absolute Gasteiger partial charge is 0.367 e. The van der Waals surface area contributed by atoms with Crippen molar-refractivity contribution in [3.63, 3.8) is 0 Å². The highest BCUT2D eigenvalue weighted by Crippen LogP contribution is 2.21. The second kappa shape index (κ2) is 4.19. The van der Waals surface area contributed by atoms with Gasteiger partial charge in [-0.3, -0.25) is 0 Å². The molecule has 15 heavy (non-hydrogen) atoms. The molecular formula is C12H17FN2. The van der Waals surface area contributed by atoms with Crippen molar-refractivity contribution in [3.05, 3.63) is 29.6 Å². The third-order valence-electron chi connectivity index (χ3n) is 2.95. The maximum Gasteiger partial charge on any atom is 0.146 e. The second-order valence-electron chi connectivity index (χ2n) is 4.25. The zero-order valence-corrected chi connectivity index (χ0v) is 9.33. The molecule has 1 aliphatic heterocycles. The van der Waals surface area contributed by atoms with E-state index in [2.05, 4.69) is 16.8 Å². The maximum atomic E-state index is 13.7. The Labute approximate surface area is 90.3 Å². The van der Waals surface area contributed by atoms with Crippen LogP contribution in [0.4, 0.5) is 10.1 Å². The van der Waals surface area contributed by atoms with Crippen molar-refractivity contribution in [2.45, 2.75) is 6.92 Å². The molecule has 1 fully saturated rings. The lowest BCUT2D eigenvalue weighted by atomic mass is 10.2. The van der Waals surface area contributed by atoms with E-state index >= 15 is 0 Å². The lowest BCUT2D eigenvalue weighted by Crippen LogP contribution is -2.44. The van der Waals surface area contributed by atoms with Gasteiger partial charge in [-0.2, -0.15) is 0 Å². The summed E-state index contributed by atoms with van der Waals surface area (Å²) in [5, 5.41) is 0. The molecule has 0 amide bonds. The first-order valence-electron chi connectivity index (χ1n) is 5.36. The molecule has 1 aliphatic rings. The minimum absolute atomic E-state index is 0.0976. The molecular weight excluding hydrogens is 191 g/mol. The number of aryl methyl sites for hydroxylation is 1. The topological polar surface area (TPSA) is 6.48 Å². The normalized spacial score (nSPS) is 18.2. The molecule has 1 aromatic rings. The Hall–Kier alpha value is -1.09. The molecule has 0 saturated carbocycles. The Morgan fingerprint density at radius 3 is 2.40 bits per heavy atom. The molecule has 1 heterocycles. The Kier molecular flexibility index (Phi) is 2.91. The third kappa shape index (κ3) is 2.29. The minimum Gasteiger partial charge on any atom is -0.367 e. The molecule has 0 aromatic heterocycles. The lowest BCUT2D eigenvalue weighted by Gasteiger charge is -2.34. The number of nitrogens with zero attached hydrogens (tertiary/aromatic N) is 2. The molecule has 0 radical (unpaired) electrons. The molecule has 2 rings (SSSR count). The van der Waals surface area contributed by atoms with E-state index in [1.807, 2.05) is 19.1 Å². The zero-order valence-electron chi connectivity index (χ0n) is 9.33. The van der Waals surface area contributed by atoms with E-state index in [-0.39, 0.29) is 5.82 Å². The van der Waals surface area contributed by atoms with Crippen LogP contribution in [0.5, 0.6) is 0 Å². The van der Waals surface area contributed by atoms with E-state index in [0.717, 1.165) is 37.4 Å². The number of hydrogen-bond donors (Lipinski definition) is 0. The quantitative estimate of drug-likeness (QED) is 0.695. The van der Waals surface area contributed by atoms with E-state index in [1.165, 1.54) is 0 Å². The summed E-state index contributed by atoms with van der Waals surface area (Å²) >= 11 is 0. The molecule has 82 valence electrons. The smallest absolute Gasteiger partial charge is 0.146 e. The van der Waals surface area contributed by atoms with Crippen molar-refractivity contribution in [1.29, 1.82) is 0 Å². The van der Waals surface area contributed by atoms with E-state index in [0.29, 0.717) is 0 Å². The summed E-state index contributed by atoms with van der Waals surface area (Å²) in [7, 11) is 2.10. The van der Waals surface area contributed by atoms with E-state index in [4.69, 9.17) is 0 Å². The van der Waals surface area contributed by atoms with Crippen molar-refractivity contribution in [2.24, 2.45) is 0 Å². The predicted octanol–water partition coefficient (Wildman–Crippen LogP) is 1.89. The number of anilines is 1. The summed E-state index contributed by atoms with van der Waals surface area (Å²) in [6.45, 7) is 5.75. The van der Waals surface area contributed by atoms with Gasteiger partial charge in [0.05, 0.1) is 5.69 Å². The highest BCUT2D eigenvalue weighted by molar-refractivity contribution is 5.49. The molecule has 0 N–H and O–H groups in total. The van der Waals surface area contributed by atoms with E-state index in [1.54, 1.807) is 6.07 Å². The summed E-state index contributed by atoms with van der Waals surface area (Å²) in [6.07, 6.45) is 0. The fourth-order valence-corrected chi connectivity index (χ4v) is 1.92. The van der Waals surface area contributed by atoms with Crippen LogP contribution in [0.15, 0.2) is 18.2 Å². The van der Waals surface area contributed by atoms with Crippen LogP contribution in [-0.2, 0) is 0 Å². The number of likely N-dealkylation sites (N-methyl/N-ethyl adjacent to an activating group) is 1. The first-order chi connectivity index (χ1) is 7.16. The number of rotatable bonds is 1. The van der Waals surface area contributed by atoms with Crippen LogP contribution in [0.2, 0.25) is 0 Å². The Bertz CT molecular complexity index is 343. The van der Waals surface area contributed by atoms with Gasteiger partial charge >= 0.3 is 0 Å². The molecule has 0 spiro atoms. The van der Waals surface area contributed by atoms with E-state index in [9.17, 15) is 4.39 Å². The van der Waals surface area contributed by atoms with Gasteiger partial charge in [0.15, 0.2) is 0 Å². The molecule has 0 unspecified atom stereocenters. The van der Waals surface area contributed by atoms with Gasteiger partial charge < -0.3 is 9.80 Å². The Morgan fingerprint density at radius 2 is 1.80 bits per heavy atom. The number of hydrogen-bond acceptors (Lipinski definition) is 2. The van der Waals surface area contributed by atoms with Crippen LogP contribution >= 0.6 is 0 Å². The zero-order chi connectivity index (χ0) is 10.8. The van der Waals surface area contributed by atoms with Crippen molar-refractivity contribution in [1.82, 2.24) is 4.90 Å². The van der Waals surface area contributed by atoms with Crippen LogP contribution in [0.25, 0.3) is 0 Å². The van der Waals surface area contributed by atoms with Crippen LogP contribution in [0.3, 0.4) is 0 Å². The number of benzene rings is 1. The minimum atomic E-state index is -0.0976. The van der Waals surface area contributed by atoms with Gasteiger partial charge in [0, 0.05) is 26.2 Å². The summed E-state index contributed by atoms with van der Waals surface area (Å²) < 4.78 is 13.7. The fourth-order valence-electron chi connectivity index (χ4n) is 1.92. The predicted molar refractivity (Wildman–Crippen MR) is 60.8 cm³/mol. The van der Waals surface area contributed by atoms with Crippen LogP contribution < -0.4 is 4.90 Å². The van der Waals surface area contributed by atoms with Gasteiger partial charge in [0.1, 0.15) is 5.82 Å². The summed E-state index contributed by atoms with van der Waals surface area (Å²) in [5.41, 5.74) is 1.72. The summed E-state index contributed by atoms with van der Waals surface area (Å²) in [4.78, 5) is 4.39. The van der Waals surface area contributed by atoms with Gasteiger partial charge in [-0.05, 0) is 31.7 Å². The van der Waals surface area contributed by atoms with Gasteiger partial charge in [0.25, 0.3) is 0 Å². The maximum absolute atomic E-state index is 13.7. The molecule has 0 atom stereocenters. The van der Waals surface area contributed by atoms with Crippen molar-refractivity contribution >= 4 is 5.69 Å². The van der Waals surface area contributed by atoms with Crippen molar-refractivity contribution in [2.75, 3.05) is 38.1 Å². The second-order valence-corrected chi connectivity index (χ2v) is 4.25. The molecule has 1 aromatic carbocycles. The molecule has 1 saturated heterocycles. The van der Waals surface area contributed by atoms with Gasteiger partial charge in [-0.15, -0.1) is 0 Å². The molecule has 3 heteroatoms. The van der Waals surface area contributed by atoms with Crippen LogP contribution in [0.1, 0.15) is 5.56 Å².